The first-order valence-corrected chi connectivity index (χ1v) is 11.8. The van der Waals surface area contributed by atoms with Gasteiger partial charge in [0, 0.05) is 30.4 Å². The van der Waals surface area contributed by atoms with Crippen molar-refractivity contribution < 1.29 is 8.42 Å². The van der Waals surface area contributed by atoms with Crippen molar-refractivity contribution >= 4 is 26.6 Å². The summed E-state index contributed by atoms with van der Waals surface area (Å²) in [5.74, 6) is 0. The quantitative estimate of drug-likeness (QED) is 0.386. The van der Waals surface area contributed by atoms with E-state index < -0.39 is 10.0 Å². The van der Waals surface area contributed by atoms with E-state index in [1.807, 2.05) is 55.5 Å². The first-order chi connectivity index (χ1) is 15.0. The Kier molecular flexibility index (Phi) is 6.30. The smallest absolute Gasteiger partial charge is 0.240 e. The first-order valence-electron chi connectivity index (χ1n) is 10.3. The third-order valence-electron chi connectivity index (χ3n) is 5.13. The maximum absolute atomic E-state index is 12.6. The van der Waals surface area contributed by atoms with Crippen molar-refractivity contribution in [2.75, 3.05) is 18.4 Å². The van der Waals surface area contributed by atoms with Crippen LogP contribution in [0, 0.1) is 6.92 Å². The predicted molar refractivity (Wildman–Crippen MR) is 127 cm³/mol. The average Bonchev–Trinajstić information content (AvgIpc) is 2.79. The van der Waals surface area contributed by atoms with Gasteiger partial charge in [0.25, 0.3) is 0 Å². The lowest BCUT2D eigenvalue weighted by Gasteiger charge is -2.11. The Balaban J connectivity index is 1.31. The molecule has 1 aromatic heterocycles. The van der Waals surface area contributed by atoms with Crippen LogP contribution in [0.1, 0.15) is 12.0 Å². The van der Waals surface area contributed by atoms with Gasteiger partial charge in [0.05, 0.1) is 10.4 Å². The zero-order valence-corrected chi connectivity index (χ0v) is 18.2. The molecule has 0 saturated heterocycles. The number of aryl methyl sites for hydroxylation is 1. The number of nitrogens with zero attached hydrogens (tertiary/aromatic N) is 1. The molecule has 1 heterocycles. The molecule has 0 atom stereocenters. The summed E-state index contributed by atoms with van der Waals surface area (Å²) in [6.45, 7) is 3.06. The molecule has 0 aliphatic heterocycles. The standard InChI is InChI=1S/C25H25N3O2S/c1-19-8-13-23-24(14-17-27-25(23)18-19)26-15-5-16-28-31(29,30)22-11-9-21(10-12-22)20-6-3-2-4-7-20/h2-4,6-14,17-18,28H,5,15-16H2,1H3,(H,26,27). The molecule has 3 aromatic carbocycles. The van der Waals surface area contributed by atoms with Crippen molar-refractivity contribution in [1.29, 1.82) is 0 Å². The van der Waals surface area contributed by atoms with Crippen LogP contribution in [0.5, 0.6) is 0 Å². The Morgan fingerprint density at radius 1 is 0.839 bits per heavy atom. The number of rotatable bonds is 8. The van der Waals surface area contributed by atoms with E-state index in [0.29, 0.717) is 19.5 Å². The van der Waals surface area contributed by atoms with E-state index in [0.717, 1.165) is 27.7 Å². The highest BCUT2D eigenvalue weighted by atomic mass is 32.2. The Labute approximate surface area is 183 Å². The van der Waals surface area contributed by atoms with E-state index in [9.17, 15) is 8.42 Å². The van der Waals surface area contributed by atoms with E-state index in [1.54, 1.807) is 18.3 Å². The average molecular weight is 432 g/mol. The molecule has 4 rings (SSSR count). The molecule has 0 spiro atoms. The molecule has 0 amide bonds. The summed E-state index contributed by atoms with van der Waals surface area (Å²) in [5.41, 5.74) is 5.17. The molecular formula is C25H25N3O2S. The summed E-state index contributed by atoms with van der Waals surface area (Å²) in [6.07, 6.45) is 2.45. The SMILES string of the molecule is Cc1ccc2c(NCCCNS(=O)(=O)c3ccc(-c4ccccc4)cc3)ccnc2c1. The van der Waals surface area contributed by atoms with Gasteiger partial charge in [-0.25, -0.2) is 13.1 Å². The van der Waals surface area contributed by atoms with Crippen LogP contribution in [-0.2, 0) is 10.0 Å². The molecule has 0 bridgehead atoms. The molecule has 5 nitrogen and oxygen atoms in total. The minimum Gasteiger partial charge on any atom is -0.384 e. The number of hydrogen-bond donors (Lipinski definition) is 2. The van der Waals surface area contributed by atoms with Gasteiger partial charge in [-0.3, -0.25) is 4.98 Å². The van der Waals surface area contributed by atoms with Crippen LogP contribution >= 0.6 is 0 Å². The number of pyridine rings is 1. The molecule has 0 aliphatic rings. The lowest BCUT2D eigenvalue weighted by Crippen LogP contribution is -2.26. The number of hydrogen-bond acceptors (Lipinski definition) is 4. The summed E-state index contributed by atoms with van der Waals surface area (Å²) < 4.78 is 27.8. The Hall–Kier alpha value is -3.22. The number of fused-ring (bicyclic) bond motifs is 1. The highest BCUT2D eigenvalue weighted by Crippen LogP contribution is 2.23. The molecule has 2 N–H and O–H groups in total. The summed E-state index contributed by atoms with van der Waals surface area (Å²) >= 11 is 0. The predicted octanol–water partition coefficient (Wildman–Crippen LogP) is 4.99. The second kappa shape index (κ2) is 9.29. The van der Waals surface area contributed by atoms with Gasteiger partial charge in [-0.2, -0.15) is 0 Å². The lowest BCUT2D eigenvalue weighted by atomic mass is 10.1. The monoisotopic (exact) mass is 431 g/mol. The maximum atomic E-state index is 12.6. The van der Waals surface area contributed by atoms with E-state index in [1.165, 1.54) is 5.56 Å². The van der Waals surface area contributed by atoms with E-state index in [2.05, 4.69) is 33.2 Å². The molecule has 158 valence electrons. The molecule has 4 aromatic rings. The Bertz CT molecular complexity index is 1270. The minimum absolute atomic E-state index is 0.274. The largest absolute Gasteiger partial charge is 0.384 e. The van der Waals surface area contributed by atoms with Crippen molar-refractivity contribution in [3.05, 3.63) is 90.6 Å². The third-order valence-corrected chi connectivity index (χ3v) is 6.61. The molecule has 0 aliphatic carbocycles. The van der Waals surface area contributed by atoms with E-state index >= 15 is 0 Å². The van der Waals surface area contributed by atoms with Crippen LogP contribution in [0.4, 0.5) is 5.69 Å². The summed E-state index contributed by atoms with van der Waals surface area (Å²) in [5, 5.41) is 4.45. The Morgan fingerprint density at radius 2 is 1.58 bits per heavy atom. The maximum Gasteiger partial charge on any atom is 0.240 e. The van der Waals surface area contributed by atoms with E-state index in [-0.39, 0.29) is 4.90 Å². The highest BCUT2D eigenvalue weighted by Gasteiger charge is 2.13. The Morgan fingerprint density at radius 3 is 2.35 bits per heavy atom. The topological polar surface area (TPSA) is 71.1 Å². The number of sulfonamides is 1. The van der Waals surface area contributed by atoms with Crippen LogP contribution < -0.4 is 10.0 Å². The van der Waals surface area contributed by atoms with Crippen molar-refractivity contribution in [2.45, 2.75) is 18.2 Å². The highest BCUT2D eigenvalue weighted by molar-refractivity contribution is 7.89. The first kappa shape index (κ1) is 21.0. The zero-order valence-electron chi connectivity index (χ0n) is 17.4. The zero-order chi connectivity index (χ0) is 21.7. The molecular weight excluding hydrogens is 406 g/mol. The number of nitrogens with one attached hydrogen (secondary N) is 2. The summed E-state index contributed by atoms with van der Waals surface area (Å²) in [4.78, 5) is 4.68. The number of aromatic nitrogens is 1. The van der Waals surface area contributed by atoms with Gasteiger partial charge in [-0.1, -0.05) is 54.6 Å². The second-order valence-electron chi connectivity index (χ2n) is 7.45. The van der Waals surface area contributed by atoms with Crippen molar-refractivity contribution in [3.63, 3.8) is 0 Å². The van der Waals surface area contributed by atoms with Crippen LogP contribution in [0.25, 0.3) is 22.0 Å². The van der Waals surface area contributed by atoms with Crippen LogP contribution in [0.3, 0.4) is 0 Å². The van der Waals surface area contributed by atoms with Gasteiger partial charge >= 0.3 is 0 Å². The molecule has 6 heteroatoms. The van der Waals surface area contributed by atoms with Crippen LogP contribution in [-0.4, -0.2) is 26.5 Å². The van der Waals surface area contributed by atoms with Gasteiger partial charge < -0.3 is 5.32 Å². The summed E-state index contributed by atoms with van der Waals surface area (Å²) in [7, 11) is -3.53. The van der Waals surface area contributed by atoms with Crippen molar-refractivity contribution in [3.8, 4) is 11.1 Å². The molecule has 31 heavy (non-hydrogen) atoms. The van der Waals surface area contributed by atoms with Gasteiger partial charge in [0.15, 0.2) is 0 Å². The fourth-order valence-corrected chi connectivity index (χ4v) is 4.54. The second-order valence-corrected chi connectivity index (χ2v) is 9.21. The van der Waals surface area contributed by atoms with Gasteiger partial charge in [0.1, 0.15) is 0 Å². The minimum atomic E-state index is -3.53. The van der Waals surface area contributed by atoms with E-state index in [4.69, 9.17) is 0 Å². The fraction of sp³-hybridized carbons (Fsp3) is 0.160. The van der Waals surface area contributed by atoms with Crippen molar-refractivity contribution in [2.24, 2.45) is 0 Å². The molecule has 0 unspecified atom stereocenters. The van der Waals surface area contributed by atoms with Gasteiger partial charge in [-0.15, -0.1) is 0 Å². The van der Waals surface area contributed by atoms with Gasteiger partial charge in [-0.05, 0) is 54.3 Å². The number of anilines is 1. The summed E-state index contributed by atoms with van der Waals surface area (Å²) in [6, 6.07) is 25.0. The van der Waals surface area contributed by atoms with Gasteiger partial charge in [0.2, 0.25) is 10.0 Å². The third kappa shape index (κ3) is 5.10. The fourth-order valence-electron chi connectivity index (χ4n) is 3.47. The van der Waals surface area contributed by atoms with Crippen LogP contribution in [0.15, 0.2) is 90.0 Å². The number of benzene rings is 3. The molecule has 0 radical (unpaired) electrons. The molecule has 0 saturated carbocycles. The normalized spacial score (nSPS) is 11.5. The van der Waals surface area contributed by atoms with Crippen molar-refractivity contribution in [1.82, 2.24) is 9.71 Å². The lowest BCUT2D eigenvalue weighted by molar-refractivity contribution is 0.580. The molecule has 0 fully saturated rings. The van der Waals surface area contributed by atoms with Crippen LogP contribution in [0.2, 0.25) is 0 Å².